The molecule has 2 aromatic rings. The van der Waals surface area contributed by atoms with Crippen LogP contribution in [0.2, 0.25) is 0 Å². The van der Waals surface area contributed by atoms with Gasteiger partial charge in [-0.05, 0) is 31.2 Å². The van der Waals surface area contributed by atoms with Gasteiger partial charge in [0.25, 0.3) is 5.91 Å². The van der Waals surface area contributed by atoms with Crippen molar-refractivity contribution in [2.24, 2.45) is 0 Å². The van der Waals surface area contributed by atoms with Gasteiger partial charge in [-0.2, -0.15) is 0 Å². The molecule has 0 unspecified atom stereocenters. The van der Waals surface area contributed by atoms with Crippen molar-refractivity contribution in [2.75, 3.05) is 35.2 Å². The molecule has 2 amide bonds. The number of nitrogens with zero attached hydrogens (tertiary/aromatic N) is 1. The van der Waals surface area contributed by atoms with E-state index in [9.17, 15) is 14.4 Å². The van der Waals surface area contributed by atoms with Crippen molar-refractivity contribution in [1.29, 1.82) is 0 Å². The predicted octanol–water partition coefficient (Wildman–Crippen LogP) is 1.62. The zero-order valence-corrected chi connectivity index (χ0v) is 15.3. The normalized spacial score (nSPS) is 13.9. The van der Waals surface area contributed by atoms with Crippen LogP contribution in [0.1, 0.15) is 17.3 Å². The molecule has 1 atom stereocenters. The number of nitrogens with one attached hydrogen (secondary N) is 2. The molecule has 3 N–H and O–H groups in total. The lowest BCUT2D eigenvalue weighted by atomic mass is 10.1. The number of aliphatic hydroxyl groups excluding tert-OH is 1. The summed E-state index contributed by atoms with van der Waals surface area (Å²) < 4.78 is 5.36. The Bertz CT molecular complexity index is 899. The van der Waals surface area contributed by atoms with Crippen LogP contribution in [0.4, 0.5) is 17.1 Å². The van der Waals surface area contributed by atoms with E-state index in [1.807, 2.05) is 0 Å². The van der Waals surface area contributed by atoms with Crippen LogP contribution in [0.5, 0.6) is 0 Å². The SMILES string of the molecule is C[C@@H](OC(=O)c1ccccc1NCCO)C(=O)N1CC(=O)Nc2ccccc21. The monoisotopic (exact) mass is 383 g/mol. The van der Waals surface area contributed by atoms with Crippen LogP contribution in [0, 0.1) is 0 Å². The molecule has 0 aromatic heterocycles. The number of fused-ring (bicyclic) bond motifs is 1. The lowest BCUT2D eigenvalue weighted by molar-refractivity contribution is -0.128. The first-order valence-electron chi connectivity index (χ1n) is 8.86. The Morgan fingerprint density at radius 3 is 2.71 bits per heavy atom. The molecule has 0 bridgehead atoms. The molecule has 0 fully saturated rings. The molecular formula is C20H21N3O5. The van der Waals surface area contributed by atoms with Crippen molar-refractivity contribution in [1.82, 2.24) is 0 Å². The lowest BCUT2D eigenvalue weighted by Gasteiger charge is -2.30. The second kappa shape index (κ2) is 8.53. The van der Waals surface area contributed by atoms with Gasteiger partial charge in [-0.1, -0.05) is 24.3 Å². The third-order valence-electron chi connectivity index (χ3n) is 4.24. The number of hydrogen-bond donors (Lipinski definition) is 3. The molecule has 8 nitrogen and oxygen atoms in total. The van der Waals surface area contributed by atoms with Crippen LogP contribution in [-0.4, -0.2) is 48.7 Å². The number of amides is 2. The molecule has 2 aromatic carbocycles. The van der Waals surface area contributed by atoms with Crippen molar-refractivity contribution in [3.63, 3.8) is 0 Å². The van der Waals surface area contributed by atoms with Crippen LogP contribution in [0.25, 0.3) is 0 Å². The fraction of sp³-hybridized carbons (Fsp3) is 0.250. The van der Waals surface area contributed by atoms with Gasteiger partial charge in [0.05, 0.1) is 23.5 Å². The van der Waals surface area contributed by atoms with Gasteiger partial charge in [0.2, 0.25) is 5.91 Å². The number of esters is 1. The Morgan fingerprint density at radius 1 is 1.21 bits per heavy atom. The second-order valence-electron chi connectivity index (χ2n) is 6.23. The number of benzene rings is 2. The van der Waals surface area contributed by atoms with Gasteiger partial charge in [-0.25, -0.2) is 4.79 Å². The topological polar surface area (TPSA) is 108 Å². The Hall–Kier alpha value is -3.39. The van der Waals surface area contributed by atoms with Crippen molar-refractivity contribution in [3.8, 4) is 0 Å². The number of hydrogen-bond acceptors (Lipinski definition) is 6. The number of ether oxygens (including phenoxy) is 1. The first kappa shape index (κ1) is 19.4. The predicted molar refractivity (Wildman–Crippen MR) is 104 cm³/mol. The van der Waals surface area contributed by atoms with E-state index in [0.717, 1.165) is 0 Å². The largest absolute Gasteiger partial charge is 0.449 e. The first-order valence-corrected chi connectivity index (χ1v) is 8.86. The number of anilines is 3. The van der Waals surface area contributed by atoms with E-state index in [1.165, 1.54) is 11.8 Å². The molecule has 28 heavy (non-hydrogen) atoms. The molecule has 1 aliphatic rings. The lowest BCUT2D eigenvalue weighted by Crippen LogP contribution is -2.47. The van der Waals surface area contributed by atoms with E-state index < -0.39 is 18.0 Å². The number of carbonyl (C=O) groups excluding carboxylic acids is 3. The first-order chi connectivity index (χ1) is 13.5. The molecule has 0 saturated heterocycles. The third-order valence-corrected chi connectivity index (χ3v) is 4.24. The highest BCUT2D eigenvalue weighted by atomic mass is 16.5. The molecule has 0 spiro atoms. The van der Waals surface area contributed by atoms with Crippen molar-refractivity contribution >= 4 is 34.8 Å². The van der Waals surface area contributed by atoms with Gasteiger partial charge >= 0.3 is 5.97 Å². The molecule has 0 radical (unpaired) electrons. The smallest absolute Gasteiger partial charge is 0.341 e. The van der Waals surface area contributed by atoms with Gasteiger partial charge in [0.15, 0.2) is 6.10 Å². The van der Waals surface area contributed by atoms with E-state index in [0.29, 0.717) is 17.1 Å². The van der Waals surface area contributed by atoms with Gasteiger partial charge in [0.1, 0.15) is 6.54 Å². The minimum Gasteiger partial charge on any atom is -0.449 e. The van der Waals surface area contributed by atoms with Crippen LogP contribution >= 0.6 is 0 Å². The fourth-order valence-electron chi connectivity index (χ4n) is 2.93. The Balaban J connectivity index is 1.75. The Kier molecular flexibility index (Phi) is 5.90. The van der Waals surface area contributed by atoms with Crippen LogP contribution < -0.4 is 15.5 Å². The Morgan fingerprint density at radius 2 is 1.93 bits per heavy atom. The van der Waals surface area contributed by atoms with Crippen LogP contribution in [-0.2, 0) is 14.3 Å². The van der Waals surface area contributed by atoms with Gasteiger partial charge in [-0.15, -0.1) is 0 Å². The summed E-state index contributed by atoms with van der Waals surface area (Å²) in [4.78, 5) is 38.6. The zero-order chi connectivity index (χ0) is 20.1. The molecule has 146 valence electrons. The summed E-state index contributed by atoms with van der Waals surface area (Å²) in [6, 6.07) is 13.6. The average Bonchev–Trinajstić information content (AvgIpc) is 2.71. The summed E-state index contributed by atoms with van der Waals surface area (Å²) in [7, 11) is 0. The summed E-state index contributed by atoms with van der Waals surface area (Å²) >= 11 is 0. The highest BCUT2D eigenvalue weighted by molar-refractivity contribution is 6.11. The standard InChI is InChI=1S/C20H21N3O5/c1-13(28-20(27)14-6-2-3-7-15(14)21-10-11-24)19(26)23-12-18(25)22-16-8-4-5-9-17(16)23/h2-9,13,21,24H,10-12H2,1H3,(H,22,25)/t13-/m1/s1. The third kappa shape index (κ3) is 4.12. The van der Waals surface area contributed by atoms with Crippen molar-refractivity contribution in [2.45, 2.75) is 13.0 Å². The molecule has 1 aliphatic heterocycles. The van der Waals surface area contributed by atoms with Gasteiger partial charge in [-0.3, -0.25) is 14.5 Å². The summed E-state index contributed by atoms with van der Waals surface area (Å²) in [5.74, 6) is -1.47. The van der Waals surface area contributed by atoms with E-state index in [1.54, 1.807) is 48.5 Å². The van der Waals surface area contributed by atoms with Gasteiger partial charge in [0, 0.05) is 12.2 Å². The number of carbonyl (C=O) groups is 3. The molecular weight excluding hydrogens is 362 g/mol. The molecule has 1 heterocycles. The fourth-order valence-corrected chi connectivity index (χ4v) is 2.93. The van der Waals surface area contributed by atoms with Crippen molar-refractivity contribution in [3.05, 3.63) is 54.1 Å². The number of aliphatic hydroxyl groups is 1. The number of rotatable bonds is 6. The summed E-state index contributed by atoms with van der Waals surface area (Å²) in [5.41, 5.74) is 1.85. The zero-order valence-electron chi connectivity index (χ0n) is 15.3. The summed E-state index contributed by atoms with van der Waals surface area (Å²) in [5, 5.41) is 14.6. The van der Waals surface area contributed by atoms with Crippen LogP contribution in [0.3, 0.4) is 0 Å². The molecule has 3 rings (SSSR count). The average molecular weight is 383 g/mol. The maximum absolute atomic E-state index is 12.9. The quantitative estimate of drug-likeness (QED) is 0.655. The summed E-state index contributed by atoms with van der Waals surface area (Å²) in [6.07, 6.45) is -1.09. The van der Waals surface area contributed by atoms with E-state index in [2.05, 4.69) is 10.6 Å². The molecule has 0 aliphatic carbocycles. The number of para-hydroxylation sites is 3. The molecule has 0 saturated carbocycles. The summed E-state index contributed by atoms with van der Waals surface area (Å²) in [6.45, 7) is 1.51. The maximum Gasteiger partial charge on any atom is 0.341 e. The Labute approximate surface area is 162 Å². The van der Waals surface area contributed by atoms with E-state index >= 15 is 0 Å². The van der Waals surface area contributed by atoms with Gasteiger partial charge < -0.3 is 20.5 Å². The maximum atomic E-state index is 12.9. The van der Waals surface area contributed by atoms with E-state index in [-0.39, 0.29) is 31.2 Å². The minimum absolute atomic E-state index is 0.0886. The highest BCUT2D eigenvalue weighted by Crippen LogP contribution is 2.29. The van der Waals surface area contributed by atoms with Crippen LogP contribution in [0.15, 0.2) is 48.5 Å². The van der Waals surface area contributed by atoms with E-state index in [4.69, 9.17) is 9.84 Å². The minimum atomic E-state index is -1.09. The molecule has 8 heteroatoms. The highest BCUT2D eigenvalue weighted by Gasteiger charge is 2.31. The second-order valence-corrected chi connectivity index (χ2v) is 6.23. The van der Waals surface area contributed by atoms with Crippen molar-refractivity contribution < 1.29 is 24.2 Å².